The van der Waals surface area contributed by atoms with Crippen molar-refractivity contribution in [2.24, 2.45) is 0 Å². The zero-order chi connectivity index (χ0) is 18.9. The summed E-state index contributed by atoms with van der Waals surface area (Å²) in [5.74, 6) is 0.759. The van der Waals surface area contributed by atoms with Gasteiger partial charge in [0.15, 0.2) is 0 Å². The van der Waals surface area contributed by atoms with Gasteiger partial charge in [-0.3, -0.25) is 0 Å². The SMILES string of the molecule is c1ccc(C2=C(c3ccccc3)OP3(c4ccccc4)(N2)OCCCO3)cc1. The summed E-state index contributed by atoms with van der Waals surface area (Å²) < 4.78 is 19.6. The summed E-state index contributed by atoms with van der Waals surface area (Å²) in [4.78, 5) is 0. The standard InChI is InChI=1S/C23H22NO3P/c1-4-11-19(12-5-1)22-23(20-13-6-2-7-14-20)27-28(24-22,25-17-10-18-26-28)21-15-8-3-9-16-21/h1-9,11-16,24H,10,17-18H2. The molecular weight excluding hydrogens is 369 g/mol. The van der Waals surface area contributed by atoms with Crippen LogP contribution in [0.2, 0.25) is 0 Å². The van der Waals surface area contributed by atoms with Gasteiger partial charge in [-0.05, 0) is 0 Å². The Morgan fingerprint density at radius 1 is 0.643 bits per heavy atom. The number of hydrogen-bond acceptors (Lipinski definition) is 4. The topological polar surface area (TPSA) is 39.7 Å². The molecule has 1 N–H and O–H groups in total. The Kier molecular flexibility index (Phi) is 4.21. The van der Waals surface area contributed by atoms with Crippen molar-refractivity contribution < 1.29 is 13.6 Å². The van der Waals surface area contributed by atoms with E-state index in [-0.39, 0.29) is 0 Å². The van der Waals surface area contributed by atoms with Gasteiger partial charge in [0.05, 0.1) is 0 Å². The van der Waals surface area contributed by atoms with Gasteiger partial charge in [-0.25, -0.2) is 0 Å². The molecule has 5 rings (SSSR count). The van der Waals surface area contributed by atoms with E-state index < -0.39 is 7.43 Å². The first kappa shape index (κ1) is 17.4. The predicted molar refractivity (Wildman–Crippen MR) is 113 cm³/mol. The number of rotatable bonds is 3. The van der Waals surface area contributed by atoms with Gasteiger partial charge in [0.2, 0.25) is 0 Å². The van der Waals surface area contributed by atoms with Crippen molar-refractivity contribution in [2.45, 2.75) is 6.42 Å². The normalized spacial score (nSPS) is 21.4. The van der Waals surface area contributed by atoms with Crippen LogP contribution in [0.3, 0.4) is 0 Å². The molecular formula is C23H22NO3P. The fourth-order valence-electron chi connectivity index (χ4n) is 3.69. The van der Waals surface area contributed by atoms with E-state index >= 15 is 0 Å². The molecule has 1 fully saturated rings. The maximum absolute atomic E-state index is 6.77. The van der Waals surface area contributed by atoms with Crippen LogP contribution in [0, 0.1) is 0 Å². The zero-order valence-corrected chi connectivity index (χ0v) is 16.3. The average molecular weight is 391 g/mol. The van der Waals surface area contributed by atoms with Crippen molar-refractivity contribution in [1.29, 1.82) is 0 Å². The predicted octanol–water partition coefficient (Wildman–Crippen LogP) is 5.11. The van der Waals surface area contributed by atoms with Gasteiger partial charge in [-0.1, -0.05) is 0 Å². The first-order chi connectivity index (χ1) is 13.8. The molecule has 5 heteroatoms. The summed E-state index contributed by atoms with van der Waals surface area (Å²) in [5, 5.41) is 4.55. The molecule has 142 valence electrons. The first-order valence-corrected chi connectivity index (χ1v) is 11.5. The summed E-state index contributed by atoms with van der Waals surface area (Å²) in [5.41, 5.74) is 2.93. The van der Waals surface area contributed by atoms with Gasteiger partial charge < -0.3 is 0 Å². The fraction of sp³-hybridized carbons (Fsp3) is 0.130. The molecule has 3 aromatic carbocycles. The molecule has 2 heterocycles. The van der Waals surface area contributed by atoms with Gasteiger partial charge in [0.1, 0.15) is 0 Å². The van der Waals surface area contributed by atoms with E-state index in [4.69, 9.17) is 13.6 Å². The van der Waals surface area contributed by atoms with Crippen LogP contribution in [-0.4, -0.2) is 13.2 Å². The second-order valence-corrected chi connectivity index (χ2v) is 10.1. The molecule has 0 bridgehead atoms. The molecule has 0 unspecified atom stereocenters. The minimum absolute atomic E-state index is 0.587. The molecule has 0 aliphatic carbocycles. The Balaban J connectivity index is 1.71. The third-order valence-corrected chi connectivity index (χ3v) is 8.64. The molecule has 1 spiro atoms. The molecule has 3 aromatic rings. The van der Waals surface area contributed by atoms with Gasteiger partial charge in [-0.2, -0.15) is 0 Å². The second kappa shape index (κ2) is 6.75. The number of benzene rings is 3. The number of nitrogens with one attached hydrogen (secondary N) is 1. The van der Waals surface area contributed by atoms with Crippen LogP contribution in [0.5, 0.6) is 0 Å². The molecule has 0 atom stereocenters. The monoisotopic (exact) mass is 391 g/mol. The van der Waals surface area contributed by atoms with E-state index in [0.29, 0.717) is 13.2 Å². The molecule has 1 saturated heterocycles. The van der Waals surface area contributed by atoms with Crippen LogP contribution in [0.25, 0.3) is 11.5 Å². The van der Waals surface area contributed by atoms with Crippen LogP contribution >= 0.6 is 7.43 Å². The summed E-state index contributed by atoms with van der Waals surface area (Å²) in [6.07, 6.45) is 0.844. The fourth-order valence-corrected chi connectivity index (χ4v) is 7.33. The average Bonchev–Trinajstić information content (AvgIpc) is 3.13. The zero-order valence-electron chi connectivity index (χ0n) is 15.5. The van der Waals surface area contributed by atoms with E-state index in [1.807, 2.05) is 78.9 Å². The second-order valence-electron chi connectivity index (χ2n) is 6.88. The van der Waals surface area contributed by atoms with Crippen molar-refractivity contribution in [3.63, 3.8) is 0 Å². The molecule has 0 radical (unpaired) electrons. The van der Waals surface area contributed by atoms with E-state index in [1.165, 1.54) is 0 Å². The van der Waals surface area contributed by atoms with Gasteiger partial charge in [0.25, 0.3) is 0 Å². The van der Waals surface area contributed by atoms with E-state index in [1.54, 1.807) is 0 Å². The van der Waals surface area contributed by atoms with Gasteiger partial charge in [-0.15, -0.1) is 0 Å². The Bertz CT molecular complexity index is 944. The Morgan fingerprint density at radius 3 is 1.79 bits per heavy atom. The summed E-state index contributed by atoms with van der Waals surface area (Å²) in [6.45, 7) is 1.17. The van der Waals surface area contributed by atoms with Gasteiger partial charge >= 0.3 is 165 Å². The van der Waals surface area contributed by atoms with Crippen LogP contribution < -0.4 is 10.4 Å². The molecule has 0 aromatic heterocycles. The third kappa shape index (κ3) is 2.73. The molecule has 0 saturated carbocycles. The maximum atomic E-state index is 6.77. The Morgan fingerprint density at radius 2 is 1.18 bits per heavy atom. The summed E-state index contributed by atoms with van der Waals surface area (Å²) >= 11 is 0. The minimum atomic E-state index is -3.76. The Labute approximate surface area is 165 Å². The van der Waals surface area contributed by atoms with E-state index in [9.17, 15) is 0 Å². The van der Waals surface area contributed by atoms with E-state index in [0.717, 1.165) is 34.3 Å². The molecule has 4 nitrogen and oxygen atoms in total. The number of hydrogen-bond donors (Lipinski definition) is 1. The van der Waals surface area contributed by atoms with Crippen molar-refractivity contribution in [1.82, 2.24) is 5.09 Å². The van der Waals surface area contributed by atoms with Crippen molar-refractivity contribution in [3.8, 4) is 0 Å². The summed E-state index contributed by atoms with van der Waals surface area (Å²) in [6, 6.07) is 30.3. The first-order valence-electron chi connectivity index (χ1n) is 9.51. The molecule has 28 heavy (non-hydrogen) atoms. The van der Waals surface area contributed by atoms with Crippen LogP contribution in [0.15, 0.2) is 91.0 Å². The summed E-state index contributed by atoms with van der Waals surface area (Å²) in [7, 11) is -3.76. The quantitative estimate of drug-likeness (QED) is 0.630. The van der Waals surface area contributed by atoms with Crippen LogP contribution in [0.4, 0.5) is 0 Å². The molecule has 2 aliphatic heterocycles. The third-order valence-electron chi connectivity index (χ3n) is 5.03. The molecule has 2 aliphatic rings. The van der Waals surface area contributed by atoms with Gasteiger partial charge in [0, 0.05) is 0 Å². The van der Waals surface area contributed by atoms with Crippen LogP contribution in [0.1, 0.15) is 17.5 Å². The Hall–Kier alpha value is -2.65. The van der Waals surface area contributed by atoms with Crippen molar-refractivity contribution in [3.05, 3.63) is 102 Å². The molecule has 0 amide bonds. The van der Waals surface area contributed by atoms with Crippen LogP contribution in [-0.2, 0) is 13.6 Å². The van der Waals surface area contributed by atoms with E-state index in [2.05, 4.69) is 17.2 Å². The van der Waals surface area contributed by atoms with Crippen molar-refractivity contribution >= 4 is 24.2 Å². The van der Waals surface area contributed by atoms with Crippen molar-refractivity contribution in [2.75, 3.05) is 13.2 Å².